The van der Waals surface area contributed by atoms with Crippen LogP contribution in [0.1, 0.15) is 62.0 Å². The maximum atomic E-state index is 14.0. The molecule has 0 aliphatic heterocycles. The van der Waals surface area contributed by atoms with Gasteiger partial charge in [-0.2, -0.15) is 18.3 Å². The highest BCUT2D eigenvalue weighted by Gasteiger charge is 2.56. The minimum absolute atomic E-state index is 0.0684. The number of primary amides is 1. The Balaban J connectivity index is 1.53. The summed E-state index contributed by atoms with van der Waals surface area (Å²) < 4.78 is 73.1. The molecule has 4 N–H and O–H groups in total. The second kappa shape index (κ2) is 9.29. The second-order valence-electron chi connectivity index (χ2n) is 11.3. The SMILES string of the molecule is CC(C)(/C=C/n1ncc(C(=O)N[C@H]2C3CC4CC2C[C@](COC(N)=O)(C4)C3)c1C(F)(F)F)NS(C)(=O)=O. The van der Waals surface area contributed by atoms with Gasteiger partial charge in [-0.1, -0.05) is 0 Å². The van der Waals surface area contributed by atoms with E-state index in [1.807, 2.05) is 0 Å². The Bertz CT molecular complexity index is 1190. The Labute approximate surface area is 213 Å². The molecular formula is C23H32F3N5O5S. The number of hydrogen-bond acceptors (Lipinski definition) is 6. The number of rotatable bonds is 8. The van der Waals surface area contributed by atoms with E-state index in [1.165, 1.54) is 19.9 Å². The molecule has 0 saturated heterocycles. The van der Waals surface area contributed by atoms with Gasteiger partial charge < -0.3 is 15.8 Å². The van der Waals surface area contributed by atoms with E-state index in [1.54, 1.807) is 0 Å². The first-order valence-electron chi connectivity index (χ1n) is 12.0. The van der Waals surface area contributed by atoms with Gasteiger partial charge in [-0.25, -0.2) is 22.6 Å². The van der Waals surface area contributed by atoms with Gasteiger partial charge in [-0.05, 0) is 69.8 Å². The lowest BCUT2D eigenvalue weighted by Crippen LogP contribution is -2.60. The molecule has 2 atom stereocenters. The van der Waals surface area contributed by atoms with Crippen LogP contribution in [-0.2, 0) is 20.9 Å². The number of ether oxygens (including phenoxy) is 1. The van der Waals surface area contributed by atoms with Gasteiger partial charge in [0.05, 0.1) is 24.6 Å². The summed E-state index contributed by atoms with van der Waals surface area (Å²) in [5.41, 5.74) is 1.90. The highest BCUT2D eigenvalue weighted by Crippen LogP contribution is 2.60. The summed E-state index contributed by atoms with van der Waals surface area (Å²) in [5, 5.41) is 6.60. The lowest BCUT2D eigenvalue weighted by molar-refractivity contribution is -0.142. The Morgan fingerprint density at radius 2 is 1.86 bits per heavy atom. The van der Waals surface area contributed by atoms with Crippen LogP contribution in [0, 0.1) is 23.2 Å². The number of alkyl halides is 3. The average Bonchev–Trinajstić information content (AvgIpc) is 3.16. The first-order chi connectivity index (χ1) is 17.0. The van der Waals surface area contributed by atoms with E-state index in [-0.39, 0.29) is 29.9 Å². The van der Waals surface area contributed by atoms with Crippen LogP contribution in [0.2, 0.25) is 0 Å². The Kier molecular flexibility index (Phi) is 6.89. The molecule has 1 heterocycles. The molecule has 2 amide bonds. The minimum atomic E-state index is -4.89. The van der Waals surface area contributed by atoms with Crippen molar-refractivity contribution in [1.29, 1.82) is 0 Å². The third-order valence-electron chi connectivity index (χ3n) is 7.61. The van der Waals surface area contributed by atoms with E-state index in [4.69, 9.17) is 10.5 Å². The number of nitrogens with zero attached hydrogens (tertiary/aromatic N) is 2. The highest BCUT2D eigenvalue weighted by molar-refractivity contribution is 7.88. The summed E-state index contributed by atoms with van der Waals surface area (Å²) in [4.78, 5) is 24.3. The van der Waals surface area contributed by atoms with Crippen LogP contribution in [0.5, 0.6) is 0 Å². The van der Waals surface area contributed by atoms with Crippen molar-refractivity contribution in [3.63, 3.8) is 0 Å². The molecule has 5 rings (SSSR count). The van der Waals surface area contributed by atoms with E-state index in [0.717, 1.165) is 37.9 Å². The number of hydrogen-bond donors (Lipinski definition) is 3. The van der Waals surface area contributed by atoms with Gasteiger partial charge >= 0.3 is 12.3 Å². The Hall–Kier alpha value is -2.61. The molecule has 4 aliphatic carbocycles. The van der Waals surface area contributed by atoms with E-state index in [0.29, 0.717) is 23.4 Å². The lowest BCUT2D eigenvalue weighted by Gasteiger charge is -2.59. The zero-order valence-corrected chi connectivity index (χ0v) is 21.7. The van der Waals surface area contributed by atoms with Crippen LogP contribution >= 0.6 is 0 Å². The molecule has 0 radical (unpaired) electrons. The van der Waals surface area contributed by atoms with Crippen LogP contribution in [0.4, 0.5) is 18.0 Å². The molecular weight excluding hydrogens is 515 g/mol. The number of aromatic nitrogens is 2. The number of carbonyl (C=O) groups excluding carboxylic acids is 2. The van der Waals surface area contributed by atoms with E-state index < -0.39 is 45.0 Å². The second-order valence-corrected chi connectivity index (χ2v) is 13.1. The van der Waals surface area contributed by atoms with E-state index >= 15 is 0 Å². The zero-order chi connectivity index (χ0) is 27.4. The van der Waals surface area contributed by atoms with Crippen molar-refractivity contribution in [2.24, 2.45) is 28.9 Å². The van der Waals surface area contributed by atoms with E-state index in [2.05, 4.69) is 15.1 Å². The Morgan fingerprint density at radius 3 is 2.41 bits per heavy atom. The van der Waals surface area contributed by atoms with Gasteiger partial charge in [0.15, 0.2) is 5.69 Å². The minimum Gasteiger partial charge on any atom is -0.449 e. The molecule has 206 valence electrons. The van der Waals surface area contributed by atoms with Crippen molar-refractivity contribution in [2.45, 2.75) is 63.7 Å². The van der Waals surface area contributed by atoms with Gasteiger partial charge in [0, 0.05) is 23.2 Å². The first kappa shape index (κ1) is 27.4. The standard InChI is InChI=1S/C23H32F3N5O5S/c1-21(2,30-37(3,34)35)4-5-31-18(23(24,25)26)16(11-28-31)19(32)29-17-14-6-13-7-15(17)10-22(8-13,9-14)12-36-20(27)33/h4-5,11,13-15,17,30H,6-10,12H2,1-3H3,(H2,27,33)(H,29,32)/b5-4+/t13?,14?,15?,17-,22-. The number of carbonyl (C=O) groups is 2. The number of sulfonamides is 1. The molecule has 37 heavy (non-hydrogen) atoms. The van der Waals surface area contributed by atoms with Crippen molar-refractivity contribution in [3.8, 4) is 0 Å². The quantitative estimate of drug-likeness (QED) is 0.456. The molecule has 14 heteroatoms. The summed E-state index contributed by atoms with van der Waals surface area (Å²) in [5.74, 6) is -0.303. The van der Waals surface area contributed by atoms with Crippen molar-refractivity contribution >= 4 is 28.2 Å². The molecule has 0 spiro atoms. The van der Waals surface area contributed by atoms with Crippen molar-refractivity contribution in [3.05, 3.63) is 23.5 Å². The Morgan fingerprint density at radius 1 is 1.24 bits per heavy atom. The molecule has 0 aromatic carbocycles. The number of nitrogens with two attached hydrogens (primary N) is 1. The normalized spacial score (nSPS) is 29.6. The first-order valence-corrected chi connectivity index (χ1v) is 13.9. The molecule has 4 saturated carbocycles. The van der Waals surface area contributed by atoms with Crippen LogP contribution in [-0.4, -0.2) is 54.6 Å². The molecule has 4 aliphatic rings. The molecule has 1 aromatic heterocycles. The predicted molar refractivity (Wildman–Crippen MR) is 127 cm³/mol. The maximum absolute atomic E-state index is 14.0. The summed E-state index contributed by atoms with van der Waals surface area (Å²) in [6.07, 6.45) is 2.34. The number of halogens is 3. The number of nitrogens with one attached hydrogen (secondary N) is 2. The fraction of sp³-hybridized carbons (Fsp3) is 0.696. The van der Waals surface area contributed by atoms with Crippen molar-refractivity contribution in [2.75, 3.05) is 12.9 Å². The third-order valence-corrected chi connectivity index (χ3v) is 8.50. The van der Waals surface area contributed by atoms with Crippen LogP contribution in [0.3, 0.4) is 0 Å². The monoisotopic (exact) mass is 547 g/mol. The molecule has 1 aromatic rings. The molecule has 4 fully saturated rings. The zero-order valence-electron chi connectivity index (χ0n) is 20.8. The molecule has 4 bridgehead atoms. The van der Waals surface area contributed by atoms with Gasteiger partial charge in [0.25, 0.3) is 5.91 Å². The maximum Gasteiger partial charge on any atom is 0.434 e. The summed E-state index contributed by atoms with van der Waals surface area (Å²) in [7, 11) is -3.62. The fourth-order valence-corrected chi connectivity index (χ4v) is 7.77. The highest BCUT2D eigenvalue weighted by atomic mass is 32.2. The smallest absolute Gasteiger partial charge is 0.434 e. The van der Waals surface area contributed by atoms with Crippen LogP contribution in [0.25, 0.3) is 6.20 Å². The van der Waals surface area contributed by atoms with Gasteiger partial charge in [-0.15, -0.1) is 0 Å². The third kappa shape index (κ3) is 6.11. The van der Waals surface area contributed by atoms with Crippen molar-refractivity contribution in [1.82, 2.24) is 19.8 Å². The summed E-state index contributed by atoms with van der Waals surface area (Å²) in [6, 6.07) is -0.288. The van der Waals surface area contributed by atoms with Crippen LogP contribution < -0.4 is 15.8 Å². The fourth-order valence-electron chi connectivity index (χ4n) is 6.75. The summed E-state index contributed by atoms with van der Waals surface area (Å²) >= 11 is 0. The summed E-state index contributed by atoms with van der Waals surface area (Å²) in [6.45, 7) is 3.17. The van der Waals surface area contributed by atoms with Crippen molar-refractivity contribution < 1.29 is 35.9 Å². The van der Waals surface area contributed by atoms with Crippen LogP contribution in [0.15, 0.2) is 12.3 Å². The van der Waals surface area contributed by atoms with Gasteiger partial charge in [0.2, 0.25) is 10.0 Å². The van der Waals surface area contributed by atoms with E-state index in [9.17, 15) is 31.2 Å². The largest absolute Gasteiger partial charge is 0.449 e. The van der Waals surface area contributed by atoms with Gasteiger partial charge in [0.1, 0.15) is 0 Å². The van der Waals surface area contributed by atoms with Gasteiger partial charge in [-0.3, -0.25) is 4.79 Å². The molecule has 2 unspecified atom stereocenters. The topological polar surface area (TPSA) is 145 Å². The average molecular weight is 548 g/mol. The lowest BCUT2D eigenvalue weighted by atomic mass is 9.48. The molecule has 10 nitrogen and oxygen atoms in total. The number of amides is 2. The predicted octanol–water partition coefficient (Wildman–Crippen LogP) is 2.72.